The topological polar surface area (TPSA) is 82.7 Å². The maximum Gasteiger partial charge on any atom is 0.315 e. The summed E-state index contributed by atoms with van der Waals surface area (Å²) in [4.78, 5) is 12.2. The van der Waals surface area contributed by atoms with Gasteiger partial charge < -0.3 is 10.6 Å². The van der Waals surface area contributed by atoms with Crippen molar-refractivity contribution < 1.29 is 4.79 Å². The molecule has 6 nitrogen and oxygen atoms in total. The Hall–Kier alpha value is -2.81. The van der Waals surface area contributed by atoms with Crippen LogP contribution in [0.15, 0.2) is 24.3 Å². The highest BCUT2D eigenvalue weighted by molar-refractivity contribution is 5.74. The van der Waals surface area contributed by atoms with E-state index in [1.807, 2.05) is 30.8 Å². The number of hydrogen-bond acceptors (Lipinski definition) is 3. The van der Waals surface area contributed by atoms with Gasteiger partial charge in [0.25, 0.3) is 0 Å². The van der Waals surface area contributed by atoms with Crippen molar-refractivity contribution in [3.05, 3.63) is 52.3 Å². The fraction of sp³-hybridized carbons (Fsp3) is 0.421. The maximum atomic E-state index is 12.2. The fourth-order valence-electron chi connectivity index (χ4n) is 2.94. The number of carbonyl (C=O) groups excluding carboxylic acids is 1. The first-order valence-electron chi connectivity index (χ1n) is 8.58. The van der Waals surface area contributed by atoms with Crippen LogP contribution < -0.4 is 10.6 Å². The van der Waals surface area contributed by atoms with E-state index >= 15 is 0 Å². The van der Waals surface area contributed by atoms with Crippen LogP contribution in [0.25, 0.3) is 0 Å². The molecule has 0 spiro atoms. The van der Waals surface area contributed by atoms with Crippen molar-refractivity contribution in [2.24, 2.45) is 7.05 Å². The van der Waals surface area contributed by atoms with Crippen LogP contribution in [0.1, 0.15) is 54.9 Å². The Balaban J connectivity index is 1.97. The normalized spacial score (nSPS) is 11.6. The molecule has 25 heavy (non-hydrogen) atoms. The molecule has 0 fully saturated rings. The van der Waals surface area contributed by atoms with E-state index in [9.17, 15) is 4.79 Å². The largest absolute Gasteiger partial charge is 0.334 e. The van der Waals surface area contributed by atoms with Gasteiger partial charge in [0, 0.05) is 24.8 Å². The van der Waals surface area contributed by atoms with E-state index in [0.29, 0.717) is 12.1 Å². The third kappa shape index (κ3) is 4.38. The molecule has 0 bridgehead atoms. The van der Waals surface area contributed by atoms with Crippen molar-refractivity contribution in [1.29, 1.82) is 5.26 Å². The predicted octanol–water partition coefficient (Wildman–Crippen LogP) is 2.98. The minimum Gasteiger partial charge on any atom is -0.334 e. The van der Waals surface area contributed by atoms with Crippen LogP contribution in [-0.2, 0) is 26.4 Å². The Morgan fingerprint density at radius 1 is 1.28 bits per heavy atom. The maximum absolute atomic E-state index is 12.2. The minimum absolute atomic E-state index is 0.141. The first kappa shape index (κ1) is 18.5. The molecule has 1 aromatic heterocycles. The van der Waals surface area contributed by atoms with E-state index < -0.39 is 0 Å². The SMILES string of the molecule is CCc1nn(C)c(CC)c1CNC(=O)N[C@@H](C)c1ccc(C#N)cc1. The monoisotopic (exact) mass is 339 g/mol. The van der Waals surface area contributed by atoms with Gasteiger partial charge in [0.2, 0.25) is 0 Å². The van der Waals surface area contributed by atoms with Crippen molar-refractivity contribution >= 4 is 6.03 Å². The Bertz CT molecular complexity index is 770. The average Bonchev–Trinajstić information content (AvgIpc) is 2.94. The Morgan fingerprint density at radius 3 is 2.52 bits per heavy atom. The first-order chi connectivity index (χ1) is 12.0. The van der Waals surface area contributed by atoms with Gasteiger partial charge >= 0.3 is 6.03 Å². The number of nitriles is 1. The third-order valence-corrected chi connectivity index (χ3v) is 4.34. The molecule has 1 heterocycles. The lowest BCUT2D eigenvalue weighted by Gasteiger charge is -2.15. The van der Waals surface area contributed by atoms with E-state index in [0.717, 1.165) is 35.4 Å². The number of nitrogens with zero attached hydrogens (tertiary/aromatic N) is 3. The summed E-state index contributed by atoms with van der Waals surface area (Å²) < 4.78 is 1.90. The number of nitrogens with one attached hydrogen (secondary N) is 2. The molecule has 2 amide bonds. The van der Waals surface area contributed by atoms with Crippen LogP contribution in [0.3, 0.4) is 0 Å². The van der Waals surface area contributed by atoms with Crippen molar-refractivity contribution in [3.8, 4) is 6.07 Å². The molecule has 0 saturated heterocycles. The molecule has 132 valence electrons. The predicted molar refractivity (Wildman–Crippen MR) is 96.9 cm³/mol. The average molecular weight is 339 g/mol. The summed E-state index contributed by atoms with van der Waals surface area (Å²) in [6.45, 7) is 6.54. The second-order valence-corrected chi connectivity index (χ2v) is 5.99. The van der Waals surface area contributed by atoms with Gasteiger partial charge in [0.1, 0.15) is 0 Å². The van der Waals surface area contributed by atoms with E-state index in [1.54, 1.807) is 12.1 Å². The molecule has 0 unspecified atom stereocenters. The summed E-state index contributed by atoms with van der Waals surface area (Å²) >= 11 is 0. The number of hydrogen-bond donors (Lipinski definition) is 2. The van der Waals surface area contributed by atoms with Gasteiger partial charge in [0.05, 0.1) is 23.4 Å². The Kier molecular flexibility index (Phi) is 6.18. The van der Waals surface area contributed by atoms with Gasteiger partial charge in [0.15, 0.2) is 0 Å². The zero-order chi connectivity index (χ0) is 18.4. The van der Waals surface area contributed by atoms with Gasteiger partial charge in [-0.05, 0) is 37.5 Å². The molecule has 2 N–H and O–H groups in total. The van der Waals surface area contributed by atoms with Gasteiger partial charge in [-0.2, -0.15) is 10.4 Å². The summed E-state index contributed by atoms with van der Waals surface area (Å²) in [6, 6.07) is 8.95. The molecule has 0 saturated carbocycles. The molecule has 1 atom stereocenters. The van der Waals surface area contributed by atoms with Gasteiger partial charge in [-0.1, -0.05) is 26.0 Å². The van der Waals surface area contributed by atoms with E-state index in [2.05, 4.69) is 35.6 Å². The third-order valence-electron chi connectivity index (χ3n) is 4.34. The lowest BCUT2D eigenvalue weighted by Crippen LogP contribution is -2.36. The smallest absolute Gasteiger partial charge is 0.315 e. The molecule has 1 aromatic carbocycles. The highest BCUT2D eigenvalue weighted by Gasteiger charge is 2.15. The van der Waals surface area contributed by atoms with Crippen molar-refractivity contribution in [1.82, 2.24) is 20.4 Å². The van der Waals surface area contributed by atoms with E-state index in [4.69, 9.17) is 5.26 Å². The highest BCUT2D eigenvalue weighted by Crippen LogP contribution is 2.16. The number of rotatable bonds is 6. The number of aryl methyl sites for hydroxylation is 2. The standard InChI is InChI=1S/C19H25N5O/c1-5-17-16(18(6-2)24(4)23-17)12-21-19(25)22-13(3)15-9-7-14(11-20)8-10-15/h7-10,13H,5-6,12H2,1-4H3,(H2,21,22,25)/t13-/m0/s1. The van der Waals surface area contributed by atoms with Crippen LogP contribution in [0.2, 0.25) is 0 Å². The summed E-state index contributed by atoms with van der Waals surface area (Å²) in [5, 5.41) is 19.2. The van der Waals surface area contributed by atoms with Crippen molar-refractivity contribution in [2.45, 2.75) is 46.2 Å². The summed E-state index contributed by atoms with van der Waals surface area (Å²) in [7, 11) is 1.94. The van der Waals surface area contributed by atoms with Crippen molar-refractivity contribution in [2.75, 3.05) is 0 Å². The number of aromatic nitrogens is 2. The fourth-order valence-corrected chi connectivity index (χ4v) is 2.94. The van der Waals surface area contributed by atoms with Crippen molar-refractivity contribution in [3.63, 3.8) is 0 Å². The number of benzene rings is 1. The second kappa shape index (κ2) is 8.34. The zero-order valence-electron chi connectivity index (χ0n) is 15.3. The molecular formula is C19H25N5O. The molecule has 6 heteroatoms. The number of carbonyl (C=O) groups is 1. The van der Waals surface area contributed by atoms with E-state index in [-0.39, 0.29) is 12.1 Å². The van der Waals surface area contributed by atoms with Gasteiger partial charge in [-0.15, -0.1) is 0 Å². The van der Waals surface area contributed by atoms with Crippen LogP contribution in [0.5, 0.6) is 0 Å². The molecule has 2 rings (SSSR count). The van der Waals surface area contributed by atoms with Crippen LogP contribution in [-0.4, -0.2) is 15.8 Å². The summed E-state index contributed by atoms with van der Waals surface area (Å²) in [5.74, 6) is 0. The Labute approximate surface area is 148 Å². The molecular weight excluding hydrogens is 314 g/mol. The minimum atomic E-state index is -0.218. The lowest BCUT2D eigenvalue weighted by molar-refractivity contribution is 0.237. The molecule has 2 aromatic rings. The van der Waals surface area contributed by atoms with Crippen LogP contribution in [0.4, 0.5) is 4.79 Å². The van der Waals surface area contributed by atoms with Crippen LogP contribution >= 0.6 is 0 Å². The highest BCUT2D eigenvalue weighted by atomic mass is 16.2. The number of amides is 2. The first-order valence-corrected chi connectivity index (χ1v) is 8.58. The van der Waals surface area contributed by atoms with Gasteiger partial charge in [-0.3, -0.25) is 4.68 Å². The molecule has 0 radical (unpaired) electrons. The summed E-state index contributed by atoms with van der Waals surface area (Å²) in [6.07, 6.45) is 1.72. The van der Waals surface area contributed by atoms with Gasteiger partial charge in [-0.25, -0.2) is 4.79 Å². The quantitative estimate of drug-likeness (QED) is 0.849. The molecule has 0 aliphatic rings. The Morgan fingerprint density at radius 2 is 1.96 bits per heavy atom. The lowest BCUT2D eigenvalue weighted by atomic mass is 10.1. The van der Waals surface area contributed by atoms with E-state index in [1.165, 1.54) is 0 Å². The van der Waals surface area contributed by atoms with Crippen LogP contribution in [0, 0.1) is 11.3 Å². The zero-order valence-corrected chi connectivity index (χ0v) is 15.3. The molecule has 0 aliphatic heterocycles. The summed E-state index contributed by atoms with van der Waals surface area (Å²) in [5.41, 5.74) is 4.85. The molecule has 0 aliphatic carbocycles. The number of urea groups is 1. The second-order valence-electron chi connectivity index (χ2n) is 5.99.